The number of amides is 1. The number of aliphatic hydroxyl groups is 1. The fourth-order valence-corrected chi connectivity index (χ4v) is 4.47. The van der Waals surface area contributed by atoms with E-state index in [9.17, 15) is 18.0 Å². The van der Waals surface area contributed by atoms with Gasteiger partial charge in [0.1, 0.15) is 11.9 Å². The standard InChI is InChI=1S/C29H29BrF3N3O4/c1-19-28(17-20-5-11-24(30)12-6-20,27(38)36-34-18-21-3-9-23(10-4-21)29(31,32)33)35-26(40-19)22-7-13-25(14-8-22)39-16-2-15-37/h3-14,19,34,37H,2,15-18H2,1H3,(H,36,38)/t19-,28-/m0/s1. The zero-order chi connectivity index (χ0) is 28.8. The molecule has 0 radical (unpaired) electrons. The van der Waals surface area contributed by atoms with E-state index in [1.807, 2.05) is 24.3 Å². The first-order valence-corrected chi connectivity index (χ1v) is 13.4. The molecule has 1 aliphatic heterocycles. The minimum Gasteiger partial charge on any atom is -0.494 e. The Bertz CT molecular complexity index is 1320. The van der Waals surface area contributed by atoms with Gasteiger partial charge in [-0.2, -0.15) is 13.2 Å². The van der Waals surface area contributed by atoms with Crippen molar-refractivity contribution in [3.8, 4) is 5.75 Å². The fraction of sp³-hybridized carbons (Fsp3) is 0.310. The van der Waals surface area contributed by atoms with Crippen LogP contribution in [0.15, 0.2) is 82.3 Å². The van der Waals surface area contributed by atoms with Crippen LogP contribution in [0.5, 0.6) is 5.75 Å². The normalized spacial score (nSPS) is 18.6. The number of hydrogen-bond acceptors (Lipinski definition) is 6. The van der Waals surface area contributed by atoms with Gasteiger partial charge in [-0.15, -0.1) is 0 Å². The number of nitrogens with zero attached hydrogens (tertiary/aromatic N) is 1. The topological polar surface area (TPSA) is 92.2 Å². The molecular weight excluding hydrogens is 591 g/mol. The van der Waals surface area contributed by atoms with Crippen molar-refractivity contribution < 1.29 is 32.5 Å². The fourth-order valence-electron chi connectivity index (χ4n) is 4.20. The van der Waals surface area contributed by atoms with Gasteiger partial charge in [-0.05, 0) is 66.6 Å². The number of ether oxygens (including phenoxy) is 2. The van der Waals surface area contributed by atoms with Crippen molar-refractivity contribution in [2.45, 2.75) is 44.1 Å². The molecule has 3 N–H and O–H groups in total. The summed E-state index contributed by atoms with van der Waals surface area (Å²) in [5.41, 5.74) is 5.55. The van der Waals surface area contributed by atoms with E-state index in [0.717, 1.165) is 22.2 Å². The number of alkyl halides is 3. The first-order valence-electron chi connectivity index (χ1n) is 12.7. The maximum atomic E-state index is 13.6. The van der Waals surface area contributed by atoms with Crippen LogP contribution < -0.4 is 15.6 Å². The summed E-state index contributed by atoms with van der Waals surface area (Å²) in [6.45, 7) is 2.32. The molecule has 0 unspecified atom stereocenters. The molecule has 1 aliphatic rings. The summed E-state index contributed by atoms with van der Waals surface area (Å²) in [7, 11) is 0. The van der Waals surface area contributed by atoms with E-state index < -0.39 is 29.3 Å². The number of rotatable bonds is 11. The molecule has 40 heavy (non-hydrogen) atoms. The number of hydrazine groups is 1. The van der Waals surface area contributed by atoms with Gasteiger partial charge in [0.05, 0.1) is 12.2 Å². The van der Waals surface area contributed by atoms with E-state index in [2.05, 4.69) is 26.8 Å². The highest BCUT2D eigenvalue weighted by molar-refractivity contribution is 9.10. The smallest absolute Gasteiger partial charge is 0.416 e. The summed E-state index contributed by atoms with van der Waals surface area (Å²) in [6.07, 6.45) is -4.27. The minimum absolute atomic E-state index is 0.0440. The number of aliphatic hydroxyl groups excluding tert-OH is 1. The molecule has 212 valence electrons. The molecule has 0 bridgehead atoms. The van der Waals surface area contributed by atoms with E-state index in [0.29, 0.717) is 35.8 Å². The third-order valence-corrected chi connectivity index (χ3v) is 7.02. The number of benzene rings is 3. The van der Waals surface area contributed by atoms with Crippen LogP contribution in [0.1, 0.15) is 35.6 Å². The summed E-state index contributed by atoms with van der Waals surface area (Å²) >= 11 is 3.42. The first-order chi connectivity index (χ1) is 19.1. The lowest BCUT2D eigenvalue weighted by Gasteiger charge is -2.28. The van der Waals surface area contributed by atoms with Gasteiger partial charge in [-0.3, -0.25) is 10.2 Å². The molecule has 0 aromatic heterocycles. The second-order valence-corrected chi connectivity index (χ2v) is 10.3. The number of carbonyl (C=O) groups excluding carboxylic acids is 1. The van der Waals surface area contributed by atoms with Crippen molar-refractivity contribution >= 4 is 27.7 Å². The van der Waals surface area contributed by atoms with Crippen molar-refractivity contribution in [1.29, 1.82) is 0 Å². The quantitative estimate of drug-likeness (QED) is 0.203. The number of carbonyl (C=O) groups is 1. The molecule has 2 atom stereocenters. The van der Waals surface area contributed by atoms with Crippen molar-refractivity contribution in [3.63, 3.8) is 0 Å². The highest BCUT2D eigenvalue weighted by Gasteiger charge is 2.50. The molecule has 7 nitrogen and oxygen atoms in total. The Labute approximate surface area is 238 Å². The van der Waals surface area contributed by atoms with Crippen molar-refractivity contribution in [3.05, 3.63) is 99.5 Å². The van der Waals surface area contributed by atoms with E-state index in [1.54, 1.807) is 31.2 Å². The largest absolute Gasteiger partial charge is 0.494 e. The third kappa shape index (κ3) is 7.21. The third-order valence-electron chi connectivity index (χ3n) is 6.49. The lowest BCUT2D eigenvalue weighted by atomic mass is 9.86. The number of aliphatic imine (C=N–C) groups is 1. The molecule has 0 aliphatic carbocycles. The molecular formula is C29H29BrF3N3O4. The highest BCUT2D eigenvalue weighted by Crippen LogP contribution is 2.33. The second-order valence-electron chi connectivity index (χ2n) is 9.36. The zero-order valence-corrected chi connectivity index (χ0v) is 23.3. The molecule has 11 heteroatoms. The van der Waals surface area contributed by atoms with Crippen LogP contribution in [0.4, 0.5) is 13.2 Å². The predicted octanol–water partition coefficient (Wildman–Crippen LogP) is 5.20. The average molecular weight is 620 g/mol. The van der Waals surface area contributed by atoms with Gasteiger partial charge in [0.15, 0.2) is 5.54 Å². The highest BCUT2D eigenvalue weighted by atomic mass is 79.9. The Morgan fingerprint density at radius 2 is 1.70 bits per heavy atom. The zero-order valence-electron chi connectivity index (χ0n) is 21.7. The Hall–Kier alpha value is -3.41. The van der Waals surface area contributed by atoms with Gasteiger partial charge in [-0.1, -0.05) is 40.2 Å². The van der Waals surface area contributed by atoms with Crippen LogP contribution in [-0.4, -0.2) is 41.8 Å². The molecule has 1 amide bonds. The first kappa shape index (κ1) is 29.6. The summed E-state index contributed by atoms with van der Waals surface area (Å²) in [4.78, 5) is 18.4. The average Bonchev–Trinajstić information content (AvgIpc) is 3.27. The van der Waals surface area contributed by atoms with Gasteiger partial charge in [0.25, 0.3) is 5.91 Å². The Morgan fingerprint density at radius 3 is 2.33 bits per heavy atom. The lowest BCUT2D eigenvalue weighted by Crippen LogP contribution is -2.55. The molecule has 0 spiro atoms. The van der Waals surface area contributed by atoms with E-state index in [4.69, 9.17) is 19.6 Å². The second kappa shape index (κ2) is 12.8. The van der Waals surface area contributed by atoms with Gasteiger partial charge in [0.2, 0.25) is 5.90 Å². The van der Waals surface area contributed by atoms with E-state index in [1.165, 1.54) is 12.1 Å². The Balaban J connectivity index is 1.52. The maximum absolute atomic E-state index is 13.6. The minimum atomic E-state index is -4.42. The Kier molecular flexibility index (Phi) is 9.49. The van der Waals surface area contributed by atoms with Gasteiger partial charge in [0, 0.05) is 36.0 Å². The van der Waals surface area contributed by atoms with E-state index in [-0.39, 0.29) is 19.6 Å². The van der Waals surface area contributed by atoms with Crippen molar-refractivity contribution in [2.24, 2.45) is 4.99 Å². The SMILES string of the molecule is C[C@@H]1OC(c2ccc(OCCCO)cc2)=N[C@]1(Cc1ccc(Br)cc1)C(=O)NNCc1ccc(C(F)(F)F)cc1. The number of nitrogens with one attached hydrogen (secondary N) is 2. The van der Waals surface area contributed by atoms with Crippen LogP contribution >= 0.6 is 15.9 Å². The lowest BCUT2D eigenvalue weighted by molar-refractivity contribution is -0.137. The van der Waals surface area contributed by atoms with Crippen LogP contribution in [0, 0.1) is 0 Å². The molecule has 0 saturated carbocycles. The van der Waals surface area contributed by atoms with Crippen LogP contribution in [0.3, 0.4) is 0 Å². The molecule has 1 heterocycles. The monoisotopic (exact) mass is 619 g/mol. The van der Waals surface area contributed by atoms with Crippen molar-refractivity contribution in [2.75, 3.05) is 13.2 Å². The van der Waals surface area contributed by atoms with Gasteiger partial charge in [-0.25, -0.2) is 10.4 Å². The van der Waals surface area contributed by atoms with Crippen LogP contribution in [-0.2, 0) is 28.7 Å². The predicted molar refractivity (Wildman–Crippen MR) is 148 cm³/mol. The molecule has 0 saturated heterocycles. The van der Waals surface area contributed by atoms with Crippen LogP contribution in [0.2, 0.25) is 0 Å². The number of halogens is 4. The Morgan fingerprint density at radius 1 is 1.05 bits per heavy atom. The summed E-state index contributed by atoms with van der Waals surface area (Å²) in [5.74, 6) is 0.508. The molecule has 3 aromatic rings. The summed E-state index contributed by atoms with van der Waals surface area (Å²) < 4.78 is 51.1. The summed E-state index contributed by atoms with van der Waals surface area (Å²) in [5, 5.41) is 8.93. The number of hydrogen-bond donors (Lipinski definition) is 3. The maximum Gasteiger partial charge on any atom is 0.416 e. The molecule has 0 fully saturated rings. The van der Waals surface area contributed by atoms with Crippen molar-refractivity contribution in [1.82, 2.24) is 10.9 Å². The van der Waals surface area contributed by atoms with Crippen LogP contribution in [0.25, 0.3) is 0 Å². The molecule has 4 rings (SSSR count). The van der Waals surface area contributed by atoms with E-state index >= 15 is 0 Å². The molecule has 3 aromatic carbocycles. The van der Waals surface area contributed by atoms with Gasteiger partial charge < -0.3 is 14.6 Å². The van der Waals surface area contributed by atoms with Gasteiger partial charge >= 0.3 is 6.18 Å². The summed E-state index contributed by atoms with van der Waals surface area (Å²) in [6, 6.07) is 19.4.